The zero-order valence-electron chi connectivity index (χ0n) is 15.5. The van der Waals surface area contributed by atoms with Crippen LogP contribution < -0.4 is 10.5 Å². The Labute approximate surface area is 162 Å². The van der Waals surface area contributed by atoms with E-state index in [-0.39, 0.29) is 16.4 Å². The Kier molecular flexibility index (Phi) is 3.44. The van der Waals surface area contributed by atoms with Gasteiger partial charge in [-0.15, -0.1) is 0 Å². The number of sulfonamides is 1. The van der Waals surface area contributed by atoms with Gasteiger partial charge in [-0.2, -0.15) is 0 Å². The van der Waals surface area contributed by atoms with E-state index in [4.69, 9.17) is 10.5 Å². The number of fused-ring (bicyclic) bond motifs is 2. The topological polar surface area (TPSA) is 124 Å². The number of nitrogens with two attached hydrogens (primary N) is 1. The molecule has 4 heterocycles. The minimum absolute atomic E-state index is 0.194. The molecular weight excluding hydrogens is 380 g/mol. The maximum absolute atomic E-state index is 13.0. The van der Waals surface area contributed by atoms with Gasteiger partial charge in [0.15, 0.2) is 0 Å². The van der Waals surface area contributed by atoms with Gasteiger partial charge in [-0.05, 0) is 44.4 Å². The average molecular weight is 400 g/mol. The highest BCUT2D eigenvalue weighted by Gasteiger charge is 2.61. The highest BCUT2D eigenvalue weighted by molar-refractivity contribution is 7.89. The Morgan fingerprint density at radius 3 is 2.75 bits per heavy atom. The van der Waals surface area contributed by atoms with Crippen molar-refractivity contribution in [1.29, 1.82) is 0 Å². The second kappa shape index (κ2) is 5.49. The summed E-state index contributed by atoms with van der Waals surface area (Å²) in [6.45, 7) is 4.32. The second-order valence-electron chi connectivity index (χ2n) is 7.98. The summed E-state index contributed by atoms with van der Waals surface area (Å²) in [4.78, 5) is 12.7. The normalized spacial score (nSPS) is 26.5. The molecule has 1 saturated carbocycles. The van der Waals surface area contributed by atoms with Crippen LogP contribution in [0, 0.1) is 6.92 Å². The number of rotatable bonds is 4. The highest BCUT2D eigenvalue weighted by atomic mass is 32.2. The first-order valence-corrected chi connectivity index (χ1v) is 10.4. The lowest BCUT2D eigenvalue weighted by atomic mass is 9.70. The number of aromatic nitrogens is 4. The summed E-state index contributed by atoms with van der Waals surface area (Å²) in [6.07, 6.45) is 4.44. The van der Waals surface area contributed by atoms with Gasteiger partial charge in [-0.1, -0.05) is 6.07 Å². The van der Waals surface area contributed by atoms with Gasteiger partial charge in [-0.3, -0.25) is 4.40 Å². The lowest BCUT2D eigenvalue weighted by Gasteiger charge is -2.42. The van der Waals surface area contributed by atoms with Crippen LogP contribution >= 0.6 is 0 Å². The fraction of sp³-hybridized carbons (Fsp3) is 0.389. The van der Waals surface area contributed by atoms with Crippen molar-refractivity contribution >= 4 is 21.7 Å². The van der Waals surface area contributed by atoms with Crippen LogP contribution in [0.1, 0.15) is 25.3 Å². The van der Waals surface area contributed by atoms with Gasteiger partial charge in [0.2, 0.25) is 21.7 Å². The Balaban J connectivity index is 1.53. The van der Waals surface area contributed by atoms with Crippen molar-refractivity contribution in [3.63, 3.8) is 0 Å². The van der Waals surface area contributed by atoms with Gasteiger partial charge in [-0.25, -0.2) is 28.1 Å². The third-order valence-corrected chi connectivity index (χ3v) is 7.14. The van der Waals surface area contributed by atoms with Crippen LogP contribution in [0.3, 0.4) is 0 Å². The first-order valence-electron chi connectivity index (χ1n) is 8.93. The fourth-order valence-electron chi connectivity index (χ4n) is 4.35. The molecule has 0 atom stereocenters. The zero-order chi connectivity index (χ0) is 19.7. The number of nitrogens with one attached hydrogen (secondary N) is 1. The molecular formula is C18H20N6O3S. The van der Waals surface area contributed by atoms with Crippen LogP contribution in [0.4, 0.5) is 5.95 Å². The number of nitrogen functional groups attached to an aromatic ring is 1. The van der Waals surface area contributed by atoms with Crippen molar-refractivity contribution in [2.75, 3.05) is 12.3 Å². The summed E-state index contributed by atoms with van der Waals surface area (Å²) < 4.78 is 36.1. The Bertz CT molecular complexity index is 1210. The van der Waals surface area contributed by atoms with Crippen molar-refractivity contribution < 1.29 is 13.2 Å². The summed E-state index contributed by atoms with van der Waals surface area (Å²) in [5, 5.41) is 0. The molecule has 3 aromatic rings. The number of nitrogens with zero attached hydrogens (tertiary/aromatic N) is 4. The van der Waals surface area contributed by atoms with Gasteiger partial charge in [0.05, 0.1) is 28.3 Å². The standard InChI is InChI=1S/C18H20N6O3S/c1-11-3-4-12(28(25,26)23-18-7-17(2,8-18)27-9-18)5-13(11)14-6-24-15(19)20-10-21-16(24)22-14/h3-6,10,23H,7-9H2,1-2H3,(H2,19,20,21,22). The SMILES string of the molecule is Cc1ccc(S(=O)(=O)NC23COC(C)(C2)C3)cc1-c1cn2c(N)ncnc2n1. The molecule has 6 rings (SSSR count). The molecule has 3 fully saturated rings. The number of benzene rings is 1. The average Bonchev–Trinajstić information content (AvgIpc) is 3.25. The molecule has 1 aliphatic carbocycles. The fourth-order valence-corrected chi connectivity index (χ4v) is 5.76. The first kappa shape index (κ1) is 17.5. The van der Waals surface area contributed by atoms with Gasteiger partial charge in [0, 0.05) is 11.8 Å². The Morgan fingerprint density at radius 2 is 2.07 bits per heavy atom. The number of ether oxygens (including phenoxy) is 1. The van der Waals surface area contributed by atoms with Crippen LogP contribution in [0.25, 0.3) is 17.0 Å². The number of imidazole rings is 1. The molecule has 3 N–H and O–H groups in total. The molecule has 0 radical (unpaired) electrons. The highest BCUT2D eigenvalue weighted by Crippen LogP contribution is 2.51. The molecule has 0 amide bonds. The molecule has 3 aliphatic rings. The quantitative estimate of drug-likeness (QED) is 0.676. The molecule has 10 heteroatoms. The molecule has 2 aromatic heterocycles. The first-order chi connectivity index (χ1) is 13.2. The zero-order valence-corrected chi connectivity index (χ0v) is 16.3. The molecule has 2 bridgehead atoms. The lowest BCUT2D eigenvalue weighted by molar-refractivity contribution is 0.0151. The van der Waals surface area contributed by atoms with Crippen LogP contribution in [0.2, 0.25) is 0 Å². The van der Waals surface area contributed by atoms with E-state index in [1.54, 1.807) is 28.8 Å². The van der Waals surface area contributed by atoms with E-state index in [2.05, 4.69) is 19.7 Å². The van der Waals surface area contributed by atoms with E-state index >= 15 is 0 Å². The van der Waals surface area contributed by atoms with Crippen molar-refractivity contribution in [1.82, 2.24) is 24.1 Å². The summed E-state index contributed by atoms with van der Waals surface area (Å²) in [5.74, 6) is 0.671. The maximum Gasteiger partial charge on any atom is 0.241 e. The summed E-state index contributed by atoms with van der Waals surface area (Å²) in [7, 11) is -3.69. The molecule has 28 heavy (non-hydrogen) atoms. The maximum atomic E-state index is 13.0. The van der Waals surface area contributed by atoms with E-state index in [0.717, 1.165) is 5.56 Å². The molecule has 2 aliphatic heterocycles. The smallest absolute Gasteiger partial charge is 0.241 e. The summed E-state index contributed by atoms with van der Waals surface area (Å²) >= 11 is 0. The van der Waals surface area contributed by atoms with Crippen molar-refractivity contribution in [2.24, 2.45) is 0 Å². The molecule has 2 saturated heterocycles. The van der Waals surface area contributed by atoms with E-state index in [1.165, 1.54) is 6.33 Å². The molecule has 9 nitrogen and oxygen atoms in total. The summed E-state index contributed by atoms with van der Waals surface area (Å²) in [6, 6.07) is 5.01. The number of anilines is 1. The van der Waals surface area contributed by atoms with E-state index in [0.29, 0.717) is 36.5 Å². The van der Waals surface area contributed by atoms with Gasteiger partial charge in [0.1, 0.15) is 6.33 Å². The van der Waals surface area contributed by atoms with E-state index in [1.807, 2.05) is 13.8 Å². The largest absolute Gasteiger partial charge is 0.373 e. The summed E-state index contributed by atoms with van der Waals surface area (Å²) in [5.41, 5.74) is 7.35. The third kappa shape index (κ3) is 2.60. The minimum atomic E-state index is -3.69. The van der Waals surface area contributed by atoms with Crippen molar-refractivity contribution in [2.45, 2.75) is 42.7 Å². The number of aryl methyl sites for hydroxylation is 1. The predicted octanol–water partition coefficient (Wildman–Crippen LogP) is 1.28. The van der Waals surface area contributed by atoms with E-state index in [9.17, 15) is 8.42 Å². The number of hydrogen-bond acceptors (Lipinski definition) is 7. The molecule has 146 valence electrons. The van der Waals surface area contributed by atoms with Crippen LogP contribution in [0.15, 0.2) is 35.6 Å². The third-order valence-electron chi connectivity index (χ3n) is 5.57. The van der Waals surface area contributed by atoms with Crippen LogP contribution in [-0.4, -0.2) is 45.5 Å². The van der Waals surface area contributed by atoms with Crippen molar-refractivity contribution in [3.05, 3.63) is 36.3 Å². The molecule has 0 spiro atoms. The van der Waals surface area contributed by atoms with Gasteiger partial charge >= 0.3 is 0 Å². The minimum Gasteiger partial charge on any atom is -0.373 e. The van der Waals surface area contributed by atoms with Crippen molar-refractivity contribution in [3.8, 4) is 11.3 Å². The predicted molar refractivity (Wildman–Crippen MR) is 102 cm³/mol. The molecule has 1 aromatic carbocycles. The Hall–Kier alpha value is -2.56. The van der Waals surface area contributed by atoms with Crippen LogP contribution in [0.5, 0.6) is 0 Å². The van der Waals surface area contributed by atoms with Crippen LogP contribution in [-0.2, 0) is 14.8 Å². The lowest BCUT2D eigenvalue weighted by Crippen LogP contribution is -2.58. The van der Waals surface area contributed by atoms with Gasteiger partial charge < -0.3 is 10.5 Å². The second-order valence-corrected chi connectivity index (χ2v) is 9.67. The Morgan fingerprint density at radius 1 is 1.29 bits per heavy atom. The molecule has 0 unspecified atom stereocenters. The monoisotopic (exact) mass is 400 g/mol. The number of hydrogen-bond donors (Lipinski definition) is 2. The van der Waals surface area contributed by atoms with Gasteiger partial charge in [0.25, 0.3) is 0 Å². The van der Waals surface area contributed by atoms with E-state index < -0.39 is 15.6 Å².